The van der Waals surface area contributed by atoms with Crippen LogP contribution in [0.3, 0.4) is 0 Å². The summed E-state index contributed by atoms with van der Waals surface area (Å²) >= 11 is 5.76. The lowest BCUT2D eigenvalue weighted by Gasteiger charge is -2.31. The predicted octanol–water partition coefficient (Wildman–Crippen LogP) is 2.77. The van der Waals surface area contributed by atoms with Gasteiger partial charge in [-0.15, -0.1) is 0 Å². The normalized spacial score (nSPS) is 27.0. The van der Waals surface area contributed by atoms with Crippen molar-refractivity contribution < 1.29 is 19.4 Å². The Hall–Kier alpha value is -1.33. The number of carbonyl (C=O) groups is 1. The van der Waals surface area contributed by atoms with Gasteiger partial charge in [-0.25, -0.2) is 9.78 Å². The van der Waals surface area contributed by atoms with Crippen molar-refractivity contribution in [2.75, 3.05) is 0 Å². The van der Waals surface area contributed by atoms with E-state index < -0.39 is 5.97 Å². The van der Waals surface area contributed by atoms with Crippen molar-refractivity contribution in [2.24, 2.45) is 0 Å². The van der Waals surface area contributed by atoms with Gasteiger partial charge < -0.3 is 14.6 Å². The van der Waals surface area contributed by atoms with Gasteiger partial charge in [0.05, 0.1) is 29.0 Å². The van der Waals surface area contributed by atoms with Gasteiger partial charge in [-0.05, 0) is 13.8 Å². The topological polar surface area (TPSA) is 68.7 Å². The highest BCUT2D eigenvalue weighted by Crippen LogP contribution is 2.25. The van der Waals surface area contributed by atoms with E-state index in [2.05, 4.69) is 4.98 Å². The molecule has 0 amide bonds. The number of carboxylic acids is 1. The second-order valence-corrected chi connectivity index (χ2v) is 5.18. The molecule has 6 heteroatoms. The number of ether oxygens (including phenoxy) is 2. The van der Waals surface area contributed by atoms with Crippen LogP contribution in [0.25, 0.3) is 0 Å². The smallest absolute Gasteiger partial charge is 0.337 e. The molecule has 0 spiro atoms. The van der Waals surface area contributed by atoms with Crippen molar-refractivity contribution in [3.8, 4) is 5.88 Å². The van der Waals surface area contributed by atoms with E-state index in [1.807, 2.05) is 13.8 Å². The van der Waals surface area contributed by atoms with Crippen molar-refractivity contribution in [1.29, 1.82) is 0 Å². The third-order valence-corrected chi connectivity index (χ3v) is 3.30. The maximum absolute atomic E-state index is 11.0. The van der Waals surface area contributed by atoms with Crippen LogP contribution >= 0.6 is 11.6 Å². The van der Waals surface area contributed by atoms with Crippen molar-refractivity contribution in [3.05, 3.63) is 22.8 Å². The molecule has 104 valence electrons. The molecule has 2 unspecified atom stereocenters. The number of nitrogens with zero attached hydrogens (tertiary/aromatic N) is 1. The molecule has 0 saturated carbocycles. The molecule has 1 aliphatic heterocycles. The number of carboxylic acid groups (broad SMARTS) is 1. The molecule has 1 N–H and O–H groups in total. The number of hydrogen-bond acceptors (Lipinski definition) is 4. The highest BCUT2D eigenvalue weighted by Gasteiger charge is 2.26. The fourth-order valence-electron chi connectivity index (χ4n) is 2.26. The van der Waals surface area contributed by atoms with E-state index in [0.29, 0.717) is 0 Å². The standard InChI is InChI=1S/C13H16ClNO4/c1-7-3-9(4-8(2)18-7)19-12-5-10(13(16)17)11(14)6-15-12/h5-9H,3-4H2,1-2H3,(H,16,17). The number of pyridine rings is 1. The molecule has 2 atom stereocenters. The minimum Gasteiger partial charge on any atom is -0.478 e. The second kappa shape index (κ2) is 5.75. The lowest BCUT2D eigenvalue weighted by atomic mass is 10.0. The first-order valence-electron chi connectivity index (χ1n) is 6.16. The maximum Gasteiger partial charge on any atom is 0.337 e. The average Bonchev–Trinajstić information content (AvgIpc) is 2.30. The van der Waals surface area contributed by atoms with Gasteiger partial charge in [-0.1, -0.05) is 11.6 Å². The van der Waals surface area contributed by atoms with E-state index in [9.17, 15) is 4.79 Å². The lowest BCUT2D eigenvalue weighted by molar-refractivity contribution is -0.0729. The van der Waals surface area contributed by atoms with Gasteiger partial charge in [0.1, 0.15) is 6.10 Å². The van der Waals surface area contributed by atoms with Crippen LogP contribution in [0.1, 0.15) is 37.0 Å². The number of aromatic nitrogens is 1. The van der Waals surface area contributed by atoms with Crippen molar-refractivity contribution >= 4 is 17.6 Å². The molecule has 2 rings (SSSR count). The quantitative estimate of drug-likeness (QED) is 0.925. The minimum atomic E-state index is -1.09. The Morgan fingerprint density at radius 3 is 2.68 bits per heavy atom. The Kier molecular flexibility index (Phi) is 4.27. The second-order valence-electron chi connectivity index (χ2n) is 4.78. The summed E-state index contributed by atoms with van der Waals surface area (Å²) < 4.78 is 11.3. The monoisotopic (exact) mass is 285 g/mol. The number of hydrogen-bond donors (Lipinski definition) is 1. The van der Waals surface area contributed by atoms with Gasteiger partial charge in [0.15, 0.2) is 0 Å². The van der Waals surface area contributed by atoms with Crippen LogP contribution in [0.5, 0.6) is 5.88 Å². The first-order valence-corrected chi connectivity index (χ1v) is 6.54. The average molecular weight is 286 g/mol. The Balaban J connectivity index is 2.10. The molecule has 1 saturated heterocycles. The van der Waals surface area contributed by atoms with E-state index in [1.165, 1.54) is 12.3 Å². The zero-order chi connectivity index (χ0) is 14.0. The first-order chi connectivity index (χ1) is 8.95. The molecule has 1 fully saturated rings. The molecule has 0 bridgehead atoms. The molecular weight excluding hydrogens is 270 g/mol. The summed E-state index contributed by atoms with van der Waals surface area (Å²) in [5, 5.41) is 9.10. The third-order valence-electron chi connectivity index (χ3n) is 3.00. The Bertz CT molecular complexity index is 470. The van der Waals surface area contributed by atoms with E-state index in [-0.39, 0.29) is 34.8 Å². The summed E-state index contributed by atoms with van der Waals surface area (Å²) in [6.45, 7) is 3.98. The lowest BCUT2D eigenvalue weighted by Crippen LogP contribution is -2.35. The van der Waals surface area contributed by atoms with Crippen LogP contribution in [0.15, 0.2) is 12.3 Å². The van der Waals surface area contributed by atoms with Gasteiger partial charge >= 0.3 is 5.97 Å². The molecule has 1 aromatic heterocycles. The summed E-state index contributed by atoms with van der Waals surface area (Å²) in [7, 11) is 0. The molecule has 1 aliphatic rings. The van der Waals surface area contributed by atoms with Crippen LogP contribution in [0.2, 0.25) is 5.02 Å². The number of halogens is 1. The summed E-state index contributed by atoms with van der Waals surface area (Å²) in [6.07, 6.45) is 3.05. The van der Waals surface area contributed by atoms with Crippen LogP contribution in [-0.4, -0.2) is 34.4 Å². The number of aromatic carboxylic acids is 1. The SMILES string of the molecule is CC1CC(Oc2cc(C(=O)O)c(Cl)cn2)CC(C)O1. The van der Waals surface area contributed by atoms with Crippen LogP contribution in [0.4, 0.5) is 0 Å². The fraction of sp³-hybridized carbons (Fsp3) is 0.538. The third kappa shape index (κ3) is 3.58. The minimum absolute atomic E-state index is 0.000164. The van der Waals surface area contributed by atoms with Crippen molar-refractivity contribution in [1.82, 2.24) is 4.98 Å². The molecule has 0 radical (unpaired) electrons. The highest BCUT2D eigenvalue weighted by atomic mass is 35.5. The van der Waals surface area contributed by atoms with E-state index in [1.54, 1.807) is 0 Å². The van der Waals surface area contributed by atoms with Crippen molar-refractivity contribution in [2.45, 2.75) is 45.0 Å². The predicted molar refractivity (Wildman–Crippen MR) is 69.9 cm³/mol. The van der Waals surface area contributed by atoms with Gasteiger partial charge in [0.25, 0.3) is 0 Å². The van der Waals surface area contributed by atoms with Crippen molar-refractivity contribution in [3.63, 3.8) is 0 Å². The first kappa shape index (κ1) is 14.1. The summed E-state index contributed by atoms with van der Waals surface area (Å²) in [5.74, 6) is -0.806. The molecule has 1 aromatic rings. The van der Waals surface area contributed by atoms with Gasteiger partial charge in [0, 0.05) is 18.9 Å². The maximum atomic E-state index is 11.0. The van der Waals surface area contributed by atoms with Gasteiger partial charge in [0.2, 0.25) is 5.88 Å². The molecule has 0 aromatic carbocycles. The fourth-order valence-corrected chi connectivity index (χ4v) is 2.44. The van der Waals surface area contributed by atoms with Gasteiger partial charge in [-0.2, -0.15) is 0 Å². The molecule has 0 aliphatic carbocycles. The van der Waals surface area contributed by atoms with Gasteiger partial charge in [-0.3, -0.25) is 0 Å². The molecular formula is C13H16ClNO4. The molecule has 2 heterocycles. The number of rotatable bonds is 3. The summed E-state index contributed by atoms with van der Waals surface area (Å²) in [5.41, 5.74) is -0.000164. The molecule has 19 heavy (non-hydrogen) atoms. The van der Waals surface area contributed by atoms with Crippen LogP contribution in [0, 0.1) is 0 Å². The zero-order valence-corrected chi connectivity index (χ0v) is 11.6. The summed E-state index contributed by atoms with van der Waals surface area (Å²) in [4.78, 5) is 15.0. The van der Waals surface area contributed by atoms with E-state index >= 15 is 0 Å². The largest absolute Gasteiger partial charge is 0.478 e. The van der Waals surface area contributed by atoms with Crippen LogP contribution < -0.4 is 4.74 Å². The Labute approximate surface area is 116 Å². The molecule has 5 nitrogen and oxygen atoms in total. The highest BCUT2D eigenvalue weighted by molar-refractivity contribution is 6.33. The zero-order valence-electron chi connectivity index (χ0n) is 10.8. The Morgan fingerprint density at radius 1 is 1.47 bits per heavy atom. The summed E-state index contributed by atoms with van der Waals surface area (Å²) in [6, 6.07) is 1.36. The van der Waals surface area contributed by atoms with E-state index in [4.69, 9.17) is 26.2 Å². The Morgan fingerprint density at radius 2 is 2.11 bits per heavy atom. The van der Waals surface area contributed by atoms with E-state index in [0.717, 1.165) is 12.8 Å². The van der Waals surface area contributed by atoms with Crippen LogP contribution in [-0.2, 0) is 4.74 Å².